The van der Waals surface area contributed by atoms with Crippen molar-refractivity contribution in [3.8, 4) is 5.75 Å². The van der Waals surface area contributed by atoms with Crippen molar-refractivity contribution in [1.29, 1.82) is 0 Å². The summed E-state index contributed by atoms with van der Waals surface area (Å²) in [6, 6.07) is 8.59. The molecule has 0 spiro atoms. The molecule has 0 atom stereocenters. The van der Waals surface area contributed by atoms with Gasteiger partial charge < -0.3 is 14.6 Å². The molecule has 0 radical (unpaired) electrons. The lowest BCUT2D eigenvalue weighted by molar-refractivity contribution is -0.142. The summed E-state index contributed by atoms with van der Waals surface area (Å²) in [5.74, 6) is 0.0197. The van der Waals surface area contributed by atoms with Crippen LogP contribution in [0.15, 0.2) is 36.4 Å². The van der Waals surface area contributed by atoms with Crippen molar-refractivity contribution in [1.82, 2.24) is 14.9 Å². The number of benzene rings is 2. The van der Waals surface area contributed by atoms with E-state index in [1.807, 2.05) is 11.6 Å². The number of Topliss-reactive ketones (excluding diaryl/α,β-unsaturated/α-hetero) is 1. The molecule has 1 amide bonds. The molecule has 2 aromatic carbocycles. The summed E-state index contributed by atoms with van der Waals surface area (Å²) in [5.41, 5.74) is 0.859. The van der Waals surface area contributed by atoms with Crippen LogP contribution in [0.5, 0.6) is 5.75 Å². The fourth-order valence-corrected chi connectivity index (χ4v) is 5.91. The van der Waals surface area contributed by atoms with Gasteiger partial charge in [-0.15, -0.1) is 0 Å². The van der Waals surface area contributed by atoms with Gasteiger partial charge in [0, 0.05) is 31.0 Å². The number of nitrogens with zero attached hydrogens (tertiary/aromatic N) is 2. The lowest BCUT2D eigenvalue weighted by Crippen LogP contribution is -2.50. The van der Waals surface area contributed by atoms with Gasteiger partial charge in [0.15, 0.2) is 5.78 Å². The van der Waals surface area contributed by atoms with Crippen molar-refractivity contribution >= 4 is 34.3 Å². The van der Waals surface area contributed by atoms with Gasteiger partial charge in [-0.05, 0) is 68.2 Å². The average Bonchev–Trinajstić information content (AvgIpc) is 3.18. The highest BCUT2D eigenvalue weighted by atomic mass is 35.5. The van der Waals surface area contributed by atoms with Gasteiger partial charge in [-0.2, -0.15) is 0 Å². The second-order valence-corrected chi connectivity index (χ2v) is 10.7. The number of nitrogens with one attached hydrogen (secondary N) is 1. The number of halogens is 3. The number of hydrogen-bond acceptors (Lipinski definition) is 4. The first kappa shape index (κ1) is 24.7. The van der Waals surface area contributed by atoms with E-state index >= 15 is 0 Å². The average molecular weight is 516 g/mol. The third-order valence-corrected chi connectivity index (χ3v) is 8.40. The maximum absolute atomic E-state index is 13.6. The van der Waals surface area contributed by atoms with Gasteiger partial charge in [-0.1, -0.05) is 11.6 Å². The quantitative estimate of drug-likeness (QED) is 0.430. The van der Waals surface area contributed by atoms with E-state index in [1.165, 1.54) is 30.3 Å². The lowest BCUT2D eigenvalue weighted by atomic mass is 9.52. The van der Waals surface area contributed by atoms with Gasteiger partial charge >= 0.3 is 0 Å². The number of aryl methyl sites for hydroxylation is 1. The Bertz CT molecular complexity index is 1310. The minimum atomic E-state index is -0.584. The van der Waals surface area contributed by atoms with Crippen molar-refractivity contribution in [2.75, 3.05) is 6.61 Å². The molecule has 6 nitrogen and oxygen atoms in total. The van der Waals surface area contributed by atoms with Crippen LogP contribution >= 0.6 is 11.6 Å². The van der Waals surface area contributed by atoms with Crippen molar-refractivity contribution in [3.63, 3.8) is 0 Å². The van der Waals surface area contributed by atoms with Crippen LogP contribution in [0.1, 0.15) is 50.8 Å². The fraction of sp³-hybridized carbons (Fsp3) is 0.444. The molecule has 3 aliphatic rings. The van der Waals surface area contributed by atoms with E-state index in [0.717, 1.165) is 44.0 Å². The van der Waals surface area contributed by atoms with Crippen LogP contribution < -0.4 is 10.1 Å². The van der Waals surface area contributed by atoms with Gasteiger partial charge in [0.2, 0.25) is 5.91 Å². The molecule has 1 heterocycles. The Morgan fingerprint density at radius 2 is 1.81 bits per heavy atom. The van der Waals surface area contributed by atoms with E-state index < -0.39 is 11.2 Å². The maximum Gasteiger partial charge on any atom is 0.226 e. The number of rotatable bonds is 8. The molecule has 3 aliphatic carbocycles. The van der Waals surface area contributed by atoms with Crippen LogP contribution in [0, 0.1) is 22.5 Å². The molecular weight excluding hydrogens is 488 g/mol. The number of imidazole rings is 1. The lowest BCUT2D eigenvalue weighted by Gasteiger charge is -2.52. The second kappa shape index (κ2) is 9.47. The molecule has 0 aliphatic heterocycles. The van der Waals surface area contributed by atoms with E-state index in [-0.39, 0.29) is 46.8 Å². The fourth-order valence-electron chi connectivity index (χ4n) is 5.80. The Labute approximate surface area is 213 Å². The summed E-state index contributed by atoms with van der Waals surface area (Å²) in [5, 5.41) is 3.07. The molecule has 3 fully saturated rings. The largest absolute Gasteiger partial charge is 0.486 e. The van der Waals surface area contributed by atoms with Gasteiger partial charge in [-0.25, -0.2) is 13.8 Å². The maximum atomic E-state index is 13.6. The predicted octanol–water partition coefficient (Wildman–Crippen LogP) is 5.50. The zero-order chi connectivity index (χ0) is 25.5. The van der Waals surface area contributed by atoms with Crippen LogP contribution in [0.2, 0.25) is 5.02 Å². The summed E-state index contributed by atoms with van der Waals surface area (Å²) < 4.78 is 34.5. The first-order valence-electron chi connectivity index (χ1n) is 12.2. The highest BCUT2D eigenvalue weighted by Crippen LogP contribution is 2.58. The van der Waals surface area contributed by atoms with Gasteiger partial charge in [0.25, 0.3) is 0 Å². The van der Waals surface area contributed by atoms with Crippen LogP contribution in [0.4, 0.5) is 8.78 Å². The Morgan fingerprint density at radius 1 is 1.08 bits per heavy atom. The predicted molar refractivity (Wildman–Crippen MR) is 132 cm³/mol. The summed E-state index contributed by atoms with van der Waals surface area (Å²) in [6.07, 6.45) is 5.06. The number of aromatic nitrogens is 2. The standard InChI is InChI=1S/C27H28ClF2N3O3/c1-33-23-5-2-17(29)12-22(23)32-24(33)15-31-25(35)27-9-6-26(7-10-27,8-11-27)14-18(34)16-36-19-3-4-20(28)21(30)13-19/h2-5,12-13H,6-11,14-16H2,1H3,(H,31,35). The third-order valence-electron chi connectivity index (χ3n) is 8.09. The molecule has 36 heavy (non-hydrogen) atoms. The Hall–Kier alpha value is -3.00. The molecular formula is C27H28ClF2N3O3. The summed E-state index contributed by atoms with van der Waals surface area (Å²) in [7, 11) is 1.85. The first-order chi connectivity index (χ1) is 17.2. The Balaban J connectivity index is 1.14. The summed E-state index contributed by atoms with van der Waals surface area (Å²) >= 11 is 5.68. The molecule has 6 rings (SSSR count). The SMILES string of the molecule is Cn1c(CNC(=O)C23CCC(CC(=O)COc4ccc(Cl)c(F)c4)(CC2)CC3)nc2cc(F)ccc21. The van der Waals surface area contributed by atoms with Crippen LogP contribution in [0.25, 0.3) is 11.0 Å². The third kappa shape index (κ3) is 4.71. The van der Waals surface area contributed by atoms with E-state index in [0.29, 0.717) is 17.8 Å². The number of fused-ring (bicyclic) bond motifs is 4. The molecule has 190 valence electrons. The number of ether oxygens (including phenoxy) is 1. The van der Waals surface area contributed by atoms with Gasteiger partial charge in [-0.3, -0.25) is 9.59 Å². The second-order valence-electron chi connectivity index (χ2n) is 10.3. The minimum absolute atomic E-state index is 0.00762. The number of hydrogen-bond donors (Lipinski definition) is 1. The highest BCUT2D eigenvalue weighted by molar-refractivity contribution is 6.30. The van der Waals surface area contributed by atoms with E-state index in [2.05, 4.69) is 10.3 Å². The normalized spacial score (nSPS) is 23.1. The smallest absolute Gasteiger partial charge is 0.226 e. The molecule has 1 aromatic heterocycles. The summed E-state index contributed by atoms with van der Waals surface area (Å²) in [6.45, 7) is 0.163. The van der Waals surface area contributed by atoms with E-state index in [9.17, 15) is 18.4 Å². The number of ketones is 1. The monoisotopic (exact) mass is 515 g/mol. The molecule has 2 bridgehead atoms. The molecule has 0 unspecified atom stereocenters. The van der Waals surface area contributed by atoms with Crippen molar-refractivity contribution < 1.29 is 23.1 Å². The van der Waals surface area contributed by atoms with Crippen molar-refractivity contribution in [2.45, 2.75) is 51.5 Å². The van der Waals surface area contributed by atoms with E-state index in [1.54, 1.807) is 6.07 Å². The Morgan fingerprint density at radius 3 is 2.50 bits per heavy atom. The number of carbonyl (C=O) groups is 2. The molecule has 0 saturated heterocycles. The van der Waals surface area contributed by atoms with Gasteiger partial charge in [0.1, 0.15) is 29.8 Å². The highest BCUT2D eigenvalue weighted by Gasteiger charge is 2.52. The van der Waals surface area contributed by atoms with Crippen LogP contribution in [-0.2, 0) is 23.2 Å². The van der Waals surface area contributed by atoms with Crippen molar-refractivity contribution in [2.24, 2.45) is 17.9 Å². The van der Waals surface area contributed by atoms with Crippen LogP contribution in [0.3, 0.4) is 0 Å². The van der Waals surface area contributed by atoms with Crippen molar-refractivity contribution in [3.05, 3.63) is 58.9 Å². The zero-order valence-corrected chi connectivity index (χ0v) is 20.8. The minimum Gasteiger partial charge on any atom is -0.486 e. The molecule has 3 aromatic rings. The van der Waals surface area contributed by atoms with Crippen LogP contribution in [-0.4, -0.2) is 27.8 Å². The Kier molecular flexibility index (Phi) is 6.49. The molecule has 1 N–H and O–H groups in total. The first-order valence-corrected chi connectivity index (χ1v) is 12.6. The molecule has 9 heteroatoms. The molecule has 3 saturated carbocycles. The topological polar surface area (TPSA) is 73.2 Å². The van der Waals surface area contributed by atoms with E-state index in [4.69, 9.17) is 16.3 Å². The zero-order valence-electron chi connectivity index (χ0n) is 20.1. The number of carbonyl (C=O) groups excluding carboxylic acids is 2. The van der Waals surface area contributed by atoms with Gasteiger partial charge in [0.05, 0.1) is 22.6 Å². The summed E-state index contributed by atoms with van der Waals surface area (Å²) in [4.78, 5) is 30.4. The number of amides is 1.